The lowest BCUT2D eigenvalue weighted by Crippen LogP contribution is -2.22. The van der Waals surface area contributed by atoms with E-state index in [0.717, 1.165) is 22.6 Å². The topological polar surface area (TPSA) is 92.3 Å². The standard InChI is InChI=1S/C20H19N7O/c28-19-12-26(11-15(19)8-16-10-21-6-7-22-16)18-9-17(14-4-2-1-3-5-14)25-27-13-23-24-20(18)27/h1-7,9-10,13,15,19,28H,8,11-12H2/t15-,19-/m1/s1. The summed E-state index contributed by atoms with van der Waals surface area (Å²) in [4.78, 5) is 10.6. The van der Waals surface area contributed by atoms with E-state index < -0.39 is 6.10 Å². The summed E-state index contributed by atoms with van der Waals surface area (Å²) in [6.45, 7) is 1.24. The highest BCUT2D eigenvalue weighted by molar-refractivity contribution is 5.74. The molecule has 0 radical (unpaired) electrons. The Kier molecular flexibility index (Phi) is 4.17. The predicted molar refractivity (Wildman–Crippen MR) is 104 cm³/mol. The predicted octanol–water partition coefficient (Wildman–Crippen LogP) is 1.62. The van der Waals surface area contributed by atoms with Gasteiger partial charge in [-0.25, -0.2) is 0 Å². The number of fused-ring (bicyclic) bond motifs is 1. The van der Waals surface area contributed by atoms with Crippen LogP contribution in [0.15, 0.2) is 61.3 Å². The van der Waals surface area contributed by atoms with Crippen LogP contribution < -0.4 is 4.90 Å². The summed E-state index contributed by atoms with van der Waals surface area (Å²) in [6.07, 6.45) is 6.94. The Balaban J connectivity index is 1.48. The molecule has 0 aliphatic carbocycles. The van der Waals surface area contributed by atoms with E-state index >= 15 is 0 Å². The minimum absolute atomic E-state index is 0.0769. The van der Waals surface area contributed by atoms with Gasteiger partial charge in [-0.15, -0.1) is 10.2 Å². The van der Waals surface area contributed by atoms with Gasteiger partial charge < -0.3 is 10.0 Å². The van der Waals surface area contributed by atoms with E-state index in [0.29, 0.717) is 25.2 Å². The summed E-state index contributed by atoms with van der Waals surface area (Å²) in [5.74, 6) is 0.0769. The molecule has 4 aromatic rings. The van der Waals surface area contributed by atoms with E-state index in [1.807, 2.05) is 36.4 Å². The molecule has 1 N–H and O–H groups in total. The van der Waals surface area contributed by atoms with E-state index in [4.69, 9.17) is 0 Å². The van der Waals surface area contributed by atoms with Crippen LogP contribution in [0.4, 0.5) is 5.69 Å². The van der Waals surface area contributed by atoms with E-state index in [2.05, 4.69) is 30.2 Å². The largest absolute Gasteiger partial charge is 0.391 e. The number of hydrogen-bond acceptors (Lipinski definition) is 7. The summed E-state index contributed by atoms with van der Waals surface area (Å²) < 4.78 is 1.69. The summed E-state index contributed by atoms with van der Waals surface area (Å²) >= 11 is 0. The molecular formula is C20H19N7O. The molecule has 2 atom stereocenters. The summed E-state index contributed by atoms with van der Waals surface area (Å²) in [6, 6.07) is 12.0. The fraction of sp³-hybridized carbons (Fsp3) is 0.250. The van der Waals surface area contributed by atoms with E-state index in [9.17, 15) is 5.11 Å². The van der Waals surface area contributed by atoms with Gasteiger partial charge in [0.1, 0.15) is 6.33 Å². The maximum Gasteiger partial charge on any atom is 0.200 e. The molecule has 28 heavy (non-hydrogen) atoms. The van der Waals surface area contributed by atoms with Crippen molar-refractivity contribution in [2.45, 2.75) is 12.5 Å². The molecule has 1 aromatic carbocycles. The molecule has 4 heterocycles. The number of benzene rings is 1. The first kappa shape index (κ1) is 16.8. The molecule has 1 aliphatic heterocycles. The number of nitrogens with zero attached hydrogens (tertiary/aromatic N) is 7. The van der Waals surface area contributed by atoms with Gasteiger partial charge in [-0.3, -0.25) is 9.97 Å². The van der Waals surface area contributed by atoms with Crippen LogP contribution in [0.3, 0.4) is 0 Å². The van der Waals surface area contributed by atoms with Crippen LogP contribution in [0.1, 0.15) is 5.69 Å². The number of aliphatic hydroxyl groups is 1. The molecule has 1 fully saturated rings. The SMILES string of the molecule is O[C@@H]1CN(c2cc(-c3ccccc3)nn3cnnc23)C[C@H]1Cc1cnccn1. The number of anilines is 1. The Bertz CT molecular complexity index is 1080. The van der Waals surface area contributed by atoms with Crippen LogP contribution in [-0.2, 0) is 6.42 Å². The summed E-state index contributed by atoms with van der Waals surface area (Å²) in [5, 5.41) is 23.5. The lowest BCUT2D eigenvalue weighted by Gasteiger charge is -2.19. The Labute approximate surface area is 161 Å². The van der Waals surface area contributed by atoms with Crippen molar-refractivity contribution in [3.05, 3.63) is 67.0 Å². The first-order valence-electron chi connectivity index (χ1n) is 9.22. The van der Waals surface area contributed by atoms with Gasteiger partial charge in [0.05, 0.1) is 23.2 Å². The van der Waals surface area contributed by atoms with E-state index in [1.165, 1.54) is 0 Å². The molecule has 8 nitrogen and oxygen atoms in total. The van der Waals surface area contributed by atoms with E-state index in [1.54, 1.807) is 29.4 Å². The van der Waals surface area contributed by atoms with Crippen LogP contribution >= 0.6 is 0 Å². The van der Waals surface area contributed by atoms with Gasteiger partial charge in [0.15, 0.2) is 0 Å². The monoisotopic (exact) mass is 373 g/mol. The normalized spacial score (nSPS) is 19.4. The highest BCUT2D eigenvalue weighted by atomic mass is 16.3. The molecule has 3 aromatic heterocycles. The second kappa shape index (κ2) is 6.97. The molecule has 0 amide bonds. The van der Waals surface area contributed by atoms with Gasteiger partial charge in [0.2, 0.25) is 5.65 Å². The van der Waals surface area contributed by atoms with Gasteiger partial charge >= 0.3 is 0 Å². The van der Waals surface area contributed by atoms with Crippen molar-refractivity contribution >= 4 is 11.3 Å². The highest BCUT2D eigenvalue weighted by Gasteiger charge is 2.33. The molecule has 0 unspecified atom stereocenters. The van der Waals surface area contributed by atoms with Gasteiger partial charge in [-0.2, -0.15) is 9.61 Å². The van der Waals surface area contributed by atoms with Crippen molar-refractivity contribution in [1.29, 1.82) is 0 Å². The van der Waals surface area contributed by atoms with Crippen LogP contribution in [0.5, 0.6) is 0 Å². The minimum atomic E-state index is -0.446. The molecule has 1 aliphatic rings. The van der Waals surface area contributed by atoms with Gasteiger partial charge in [0.25, 0.3) is 0 Å². The number of aliphatic hydroxyl groups excluding tert-OH is 1. The zero-order valence-electron chi connectivity index (χ0n) is 15.1. The Morgan fingerprint density at radius 2 is 2.00 bits per heavy atom. The Hall–Kier alpha value is -3.39. The smallest absolute Gasteiger partial charge is 0.200 e. The average Bonchev–Trinajstić information content (AvgIpc) is 3.35. The van der Waals surface area contributed by atoms with Crippen molar-refractivity contribution in [1.82, 2.24) is 29.8 Å². The second-order valence-electron chi connectivity index (χ2n) is 7.01. The quantitative estimate of drug-likeness (QED) is 0.581. The van der Waals surface area contributed by atoms with Crippen LogP contribution in [0.2, 0.25) is 0 Å². The van der Waals surface area contributed by atoms with Gasteiger partial charge in [0, 0.05) is 43.2 Å². The fourth-order valence-corrected chi connectivity index (χ4v) is 3.75. The minimum Gasteiger partial charge on any atom is -0.391 e. The summed E-state index contributed by atoms with van der Waals surface area (Å²) in [7, 11) is 0. The van der Waals surface area contributed by atoms with Crippen LogP contribution in [-0.4, -0.2) is 54.1 Å². The fourth-order valence-electron chi connectivity index (χ4n) is 3.75. The van der Waals surface area contributed by atoms with Crippen molar-refractivity contribution in [3.63, 3.8) is 0 Å². The third kappa shape index (κ3) is 3.07. The van der Waals surface area contributed by atoms with Crippen molar-refractivity contribution in [3.8, 4) is 11.3 Å². The molecule has 0 spiro atoms. The number of hydrogen-bond donors (Lipinski definition) is 1. The number of β-amino-alcohol motifs (C(OH)–C–C–N with tert-alkyl or cyclic N) is 1. The average molecular weight is 373 g/mol. The molecule has 8 heteroatoms. The van der Waals surface area contributed by atoms with Crippen molar-refractivity contribution < 1.29 is 5.11 Å². The van der Waals surface area contributed by atoms with Crippen molar-refractivity contribution in [2.75, 3.05) is 18.0 Å². The first-order valence-corrected chi connectivity index (χ1v) is 9.22. The van der Waals surface area contributed by atoms with Gasteiger partial charge in [-0.1, -0.05) is 30.3 Å². The molecular weight excluding hydrogens is 354 g/mol. The zero-order valence-corrected chi connectivity index (χ0v) is 15.1. The first-order chi connectivity index (χ1) is 13.8. The van der Waals surface area contributed by atoms with Gasteiger partial charge in [-0.05, 0) is 12.5 Å². The lowest BCUT2D eigenvalue weighted by molar-refractivity contribution is 0.147. The molecule has 1 saturated heterocycles. The van der Waals surface area contributed by atoms with Crippen molar-refractivity contribution in [2.24, 2.45) is 5.92 Å². The zero-order chi connectivity index (χ0) is 18.9. The third-order valence-electron chi connectivity index (χ3n) is 5.15. The molecule has 0 saturated carbocycles. The number of rotatable bonds is 4. The maximum atomic E-state index is 10.6. The van der Waals surface area contributed by atoms with Crippen LogP contribution in [0.25, 0.3) is 16.9 Å². The number of aromatic nitrogens is 6. The molecule has 140 valence electrons. The second-order valence-corrected chi connectivity index (χ2v) is 7.01. The summed E-state index contributed by atoms with van der Waals surface area (Å²) in [5.41, 5.74) is 4.37. The lowest BCUT2D eigenvalue weighted by atomic mass is 10.0. The highest BCUT2D eigenvalue weighted by Crippen LogP contribution is 2.31. The van der Waals surface area contributed by atoms with E-state index in [-0.39, 0.29) is 5.92 Å². The maximum absolute atomic E-state index is 10.6. The molecule has 5 rings (SSSR count). The third-order valence-corrected chi connectivity index (χ3v) is 5.15. The Morgan fingerprint density at radius 1 is 1.11 bits per heavy atom. The molecule has 0 bridgehead atoms. The Morgan fingerprint density at radius 3 is 2.82 bits per heavy atom. The van der Waals surface area contributed by atoms with Crippen LogP contribution in [0, 0.1) is 5.92 Å².